The van der Waals surface area contributed by atoms with Gasteiger partial charge in [0.05, 0.1) is 17.1 Å². The summed E-state index contributed by atoms with van der Waals surface area (Å²) in [5.41, 5.74) is 5.30. The first-order valence-corrected chi connectivity index (χ1v) is 12.7. The molecule has 6 nitrogen and oxygen atoms in total. The number of benzene rings is 3. The molecule has 0 saturated heterocycles. The van der Waals surface area contributed by atoms with E-state index in [9.17, 15) is 13.2 Å². The third kappa shape index (κ3) is 6.17. The van der Waals surface area contributed by atoms with E-state index >= 15 is 0 Å². The molecule has 0 unspecified atom stereocenters. The number of aryl methyl sites for hydroxylation is 5. The Morgan fingerprint density at radius 3 is 2.12 bits per heavy atom. The molecule has 0 aliphatic rings. The van der Waals surface area contributed by atoms with Gasteiger partial charge < -0.3 is 10.1 Å². The summed E-state index contributed by atoms with van der Waals surface area (Å²) in [6, 6.07) is 18.1. The van der Waals surface area contributed by atoms with E-state index < -0.39 is 15.9 Å². The van der Waals surface area contributed by atoms with Crippen LogP contribution >= 0.6 is 0 Å². The predicted octanol–water partition coefficient (Wildman–Crippen LogP) is 4.62. The lowest BCUT2D eigenvalue weighted by molar-refractivity contribution is -0.119. The Morgan fingerprint density at radius 2 is 1.44 bits per heavy atom. The molecule has 3 aromatic rings. The minimum atomic E-state index is -3.95. The van der Waals surface area contributed by atoms with Gasteiger partial charge in [0.15, 0.2) is 0 Å². The third-order valence-electron chi connectivity index (χ3n) is 5.54. The van der Waals surface area contributed by atoms with Crippen molar-refractivity contribution in [2.75, 3.05) is 24.0 Å². The summed E-state index contributed by atoms with van der Waals surface area (Å²) in [6.07, 6.45) is 0. The number of anilines is 1. The second-order valence-electron chi connectivity index (χ2n) is 8.58. The summed E-state index contributed by atoms with van der Waals surface area (Å²) >= 11 is 0. The topological polar surface area (TPSA) is 75.7 Å². The highest BCUT2D eigenvalue weighted by molar-refractivity contribution is 7.92. The number of nitrogens with zero attached hydrogens (tertiary/aromatic N) is 1. The molecule has 0 fully saturated rings. The number of hydrogen-bond acceptors (Lipinski definition) is 4. The van der Waals surface area contributed by atoms with E-state index in [1.165, 1.54) is 4.31 Å². The first-order chi connectivity index (χ1) is 16.1. The average Bonchev–Trinajstić information content (AvgIpc) is 2.78. The summed E-state index contributed by atoms with van der Waals surface area (Å²) < 4.78 is 34.0. The highest BCUT2D eigenvalue weighted by atomic mass is 32.2. The van der Waals surface area contributed by atoms with Crippen molar-refractivity contribution in [1.29, 1.82) is 0 Å². The zero-order chi connectivity index (χ0) is 24.9. The van der Waals surface area contributed by atoms with Gasteiger partial charge in [-0.05, 0) is 75.6 Å². The van der Waals surface area contributed by atoms with E-state index in [4.69, 9.17) is 4.74 Å². The van der Waals surface area contributed by atoms with Gasteiger partial charge in [0.2, 0.25) is 5.91 Å². The predicted molar refractivity (Wildman–Crippen MR) is 136 cm³/mol. The lowest BCUT2D eigenvalue weighted by atomic mass is 10.1. The zero-order valence-corrected chi connectivity index (χ0v) is 21.2. The van der Waals surface area contributed by atoms with Crippen LogP contribution in [0.15, 0.2) is 65.6 Å². The maximum absolute atomic E-state index is 13.5. The van der Waals surface area contributed by atoms with E-state index in [1.807, 2.05) is 65.0 Å². The summed E-state index contributed by atoms with van der Waals surface area (Å²) in [5, 5.41) is 2.78. The molecular formula is C27H32N2O4S. The monoisotopic (exact) mass is 480 g/mol. The van der Waals surface area contributed by atoms with Crippen molar-refractivity contribution in [2.24, 2.45) is 0 Å². The molecule has 0 aliphatic heterocycles. The van der Waals surface area contributed by atoms with Crippen LogP contribution in [0.1, 0.15) is 27.8 Å². The number of carbonyl (C=O) groups is 1. The first-order valence-electron chi connectivity index (χ1n) is 11.2. The van der Waals surface area contributed by atoms with E-state index in [0.717, 1.165) is 33.6 Å². The number of carbonyl (C=O) groups excluding carboxylic acids is 1. The third-order valence-corrected chi connectivity index (χ3v) is 7.32. The van der Waals surface area contributed by atoms with Crippen LogP contribution in [-0.2, 0) is 14.8 Å². The Morgan fingerprint density at radius 1 is 0.824 bits per heavy atom. The van der Waals surface area contributed by atoms with Crippen LogP contribution in [0, 0.1) is 34.6 Å². The molecule has 0 aromatic heterocycles. The van der Waals surface area contributed by atoms with Crippen LogP contribution in [0.4, 0.5) is 5.69 Å². The Hall–Kier alpha value is -3.32. The fraction of sp³-hybridized carbons (Fsp3) is 0.296. The van der Waals surface area contributed by atoms with Crippen LogP contribution in [0.3, 0.4) is 0 Å². The van der Waals surface area contributed by atoms with Gasteiger partial charge in [-0.1, -0.05) is 47.5 Å². The second-order valence-corrected chi connectivity index (χ2v) is 10.4. The summed E-state index contributed by atoms with van der Waals surface area (Å²) in [4.78, 5) is 12.9. The molecule has 1 N–H and O–H groups in total. The number of amides is 1. The quantitative estimate of drug-likeness (QED) is 0.454. The summed E-state index contributed by atoms with van der Waals surface area (Å²) in [6.45, 7) is 9.83. The van der Waals surface area contributed by atoms with Crippen LogP contribution in [0.25, 0.3) is 0 Å². The van der Waals surface area contributed by atoms with Crippen molar-refractivity contribution < 1.29 is 17.9 Å². The van der Waals surface area contributed by atoms with Crippen molar-refractivity contribution in [3.8, 4) is 5.75 Å². The molecule has 3 aromatic carbocycles. The molecule has 0 bridgehead atoms. The Balaban J connectivity index is 1.75. The maximum atomic E-state index is 13.5. The zero-order valence-electron chi connectivity index (χ0n) is 20.4. The lowest BCUT2D eigenvalue weighted by Gasteiger charge is -2.26. The van der Waals surface area contributed by atoms with Crippen molar-refractivity contribution >= 4 is 21.6 Å². The number of hydrogen-bond donors (Lipinski definition) is 1. The number of ether oxygens (including phenoxy) is 1. The van der Waals surface area contributed by atoms with Crippen molar-refractivity contribution in [1.82, 2.24) is 5.32 Å². The molecule has 3 rings (SSSR count). The fourth-order valence-corrected chi connectivity index (χ4v) is 5.10. The fourth-order valence-electron chi connectivity index (χ4n) is 3.62. The highest BCUT2D eigenvalue weighted by Crippen LogP contribution is 2.28. The average molecular weight is 481 g/mol. The molecule has 0 spiro atoms. The molecule has 34 heavy (non-hydrogen) atoms. The Bertz CT molecular complexity index is 1270. The smallest absolute Gasteiger partial charge is 0.264 e. The van der Waals surface area contributed by atoms with E-state index in [1.54, 1.807) is 30.3 Å². The molecule has 180 valence electrons. The second kappa shape index (κ2) is 10.7. The maximum Gasteiger partial charge on any atom is 0.264 e. The highest BCUT2D eigenvalue weighted by Gasteiger charge is 2.28. The Kier molecular flexibility index (Phi) is 7.99. The molecule has 1 amide bonds. The van der Waals surface area contributed by atoms with Gasteiger partial charge >= 0.3 is 0 Å². The first kappa shape index (κ1) is 25.3. The number of sulfonamides is 1. The Labute approximate surface area is 202 Å². The standard InChI is InChI=1S/C27H32N2O4S/c1-19-7-11-24(12-8-19)34(31,32)29(25-17-21(3)6-10-22(25)4)18-27(30)28-14-15-33-26-13-9-20(2)16-23(26)5/h6-13,16-17H,14-15,18H2,1-5H3,(H,28,30). The van der Waals surface area contributed by atoms with E-state index in [-0.39, 0.29) is 24.6 Å². The number of nitrogens with one attached hydrogen (secondary N) is 1. The molecule has 0 saturated carbocycles. The van der Waals surface area contributed by atoms with Crippen molar-refractivity contribution in [3.63, 3.8) is 0 Å². The molecule has 0 atom stereocenters. The van der Waals surface area contributed by atoms with Crippen molar-refractivity contribution in [3.05, 3.63) is 88.5 Å². The van der Waals surface area contributed by atoms with Gasteiger partial charge in [-0.15, -0.1) is 0 Å². The summed E-state index contributed by atoms with van der Waals surface area (Å²) in [7, 11) is -3.95. The minimum absolute atomic E-state index is 0.144. The van der Waals surface area contributed by atoms with Crippen molar-refractivity contribution in [2.45, 2.75) is 39.5 Å². The summed E-state index contributed by atoms with van der Waals surface area (Å²) in [5.74, 6) is 0.361. The number of rotatable bonds is 9. The van der Waals surface area contributed by atoms with E-state index in [0.29, 0.717) is 5.69 Å². The largest absolute Gasteiger partial charge is 0.491 e. The van der Waals surface area contributed by atoms with E-state index in [2.05, 4.69) is 5.32 Å². The van der Waals surface area contributed by atoms with Gasteiger partial charge in [-0.25, -0.2) is 8.42 Å². The van der Waals surface area contributed by atoms with Gasteiger partial charge in [0.25, 0.3) is 10.0 Å². The van der Waals surface area contributed by atoms with Gasteiger partial charge in [-0.2, -0.15) is 0 Å². The minimum Gasteiger partial charge on any atom is -0.491 e. The van der Waals surface area contributed by atoms with Crippen LogP contribution < -0.4 is 14.4 Å². The van der Waals surface area contributed by atoms with Crippen LogP contribution in [0.5, 0.6) is 5.75 Å². The molecule has 7 heteroatoms. The molecule has 0 radical (unpaired) electrons. The van der Waals surface area contributed by atoms with Gasteiger partial charge in [-0.3, -0.25) is 9.10 Å². The van der Waals surface area contributed by atoms with Crippen LogP contribution in [-0.4, -0.2) is 34.0 Å². The van der Waals surface area contributed by atoms with Crippen LogP contribution in [0.2, 0.25) is 0 Å². The van der Waals surface area contributed by atoms with Gasteiger partial charge in [0, 0.05) is 0 Å². The molecular weight excluding hydrogens is 448 g/mol. The molecule has 0 aliphatic carbocycles. The molecule has 0 heterocycles. The van der Waals surface area contributed by atoms with Gasteiger partial charge in [0.1, 0.15) is 18.9 Å². The normalized spacial score (nSPS) is 11.2. The SMILES string of the molecule is Cc1ccc(S(=O)(=O)N(CC(=O)NCCOc2ccc(C)cc2C)c2cc(C)ccc2C)cc1. The lowest BCUT2D eigenvalue weighted by Crippen LogP contribution is -2.42.